The minimum atomic E-state index is -1.02. The number of thioether (sulfide) groups is 1. The molecule has 180 valence electrons. The van der Waals surface area contributed by atoms with E-state index < -0.39 is 11.2 Å². The van der Waals surface area contributed by atoms with Crippen molar-refractivity contribution in [1.29, 1.82) is 0 Å². The van der Waals surface area contributed by atoms with E-state index in [2.05, 4.69) is 15.5 Å². The van der Waals surface area contributed by atoms with Crippen LogP contribution in [0, 0.1) is 0 Å². The number of aromatic nitrogens is 3. The van der Waals surface area contributed by atoms with Gasteiger partial charge in [0.25, 0.3) is 0 Å². The van der Waals surface area contributed by atoms with Crippen molar-refractivity contribution in [1.82, 2.24) is 14.8 Å². The van der Waals surface area contributed by atoms with Crippen LogP contribution in [0.2, 0.25) is 0 Å². The van der Waals surface area contributed by atoms with Crippen LogP contribution in [-0.2, 0) is 4.79 Å². The molecule has 1 aromatic heterocycles. The summed E-state index contributed by atoms with van der Waals surface area (Å²) in [5, 5.41) is 20.6. The van der Waals surface area contributed by atoms with Gasteiger partial charge in [-0.3, -0.25) is 4.79 Å². The van der Waals surface area contributed by atoms with E-state index in [-0.39, 0.29) is 23.6 Å². The van der Waals surface area contributed by atoms with Gasteiger partial charge in [0.05, 0.1) is 17.9 Å². The van der Waals surface area contributed by atoms with Crippen molar-refractivity contribution in [3.05, 3.63) is 59.9 Å². The van der Waals surface area contributed by atoms with Gasteiger partial charge in [0.1, 0.15) is 11.5 Å². The Hall–Kier alpha value is -3.53. The summed E-state index contributed by atoms with van der Waals surface area (Å²) in [7, 11) is 1.61. The summed E-state index contributed by atoms with van der Waals surface area (Å²) in [6.45, 7) is 7.72. The Labute approximate surface area is 202 Å². The van der Waals surface area contributed by atoms with Gasteiger partial charge in [-0.25, -0.2) is 4.79 Å². The number of carbonyl (C=O) groups is 2. The SMILES string of the molecule is COc1ccc(OC(C)c2nnc(SC(C)C(=O)Nc3ccc(C(=O)O)cc3)n2C(C)C)cc1. The maximum Gasteiger partial charge on any atom is 0.335 e. The molecule has 9 nitrogen and oxygen atoms in total. The molecule has 2 N–H and O–H groups in total. The first kappa shape index (κ1) is 25.1. The first-order valence-electron chi connectivity index (χ1n) is 10.8. The van der Waals surface area contributed by atoms with Crippen molar-refractivity contribution >= 4 is 29.3 Å². The van der Waals surface area contributed by atoms with Crippen LogP contribution in [0.3, 0.4) is 0 Å². The highest BCUT2D eigenvalue weighted by Gasteiger charge is 2.25. The first-order valence-corrected chi connectivity index (χ1v) is 11.6. The average molecular weight is 485 g/mol. The van der Waals surface area contributed by atoms with E-state index in [1.807, 2.05) is 49.6 Å². The van der Waals surface area contributed by atoms with Gasteiger partial charge >= 0.3 is 5.97 Å². The molecule has 0 spiro atoms. The Kier molecular flexibility index (Phi) is 8.17. The molecule has 1 heterocycles. The van der Waals surface area contributed by atoms with Crippen molar-refractivity contribution in [3.8, 4) is 11.5 Å². The third-order valence-corrected chi connectivity index (χ3v) is 6.05. The van der Waals surface area contributed by atoms with E-state index in [4.69, 9.17) is 14.6 Å². The molecule has 0 aliphatic rings. The minimum Gasteiger partial charge on any atom is -0.497 e. The van der Waals surface area contributed by atoms with Gasteiger partial charge in [0.2, 0.25) is 5.91 Å². The lowest BCUT2D eigenvalue weighted by atomic mass is 10.2. The van der Waals surface area contributed by atoms with Crippen LogP contribution in [-0.4, -0.2) is 44.1 Å². The van der Waals surface area contributed by atoms with Crippen molar-refractivity contribution in [2.24, 2.45) is 0 Å². The summed E-state index contributed by atoms with van der Waals surface area (Å²) in [6, 6.07) is 13.4. The zero-order valence-corrected chi connectivity index (χ0v) is 20.5. The van der Waals surface area contributed by atoms with Gasteiger partial charge < -0.3 is 24.5 Å². The fourth-order valence-corrected chi connectivity index (χ4v) is 4.18. The molecular formula is C24H28N4O5S. The van der Waals surface area contributed by atoms with Crippen LogP contribution in [0.1, 0.15) is 56.0 Å². The number of nitrogens with zero attached hydrogens (tertiary/aromatic N) is 3. The number of anilines is 1. The number of amides is 1. The second kappa shape index (κ2) is 11.1. The summed E-state index contributed by atoms with van der Waals surface area (Å²) >= 11 is 1.29. The molecule has 0 bridgehead atoms. The molecule has 34 heavy (non-hydrogen) atoms. The van der Waals surface area contributed by atoms with Crippen molar-refractivity contribution in [2.75, 3.05) is 12.4 Å². The summed E-state index contributed by atoms with van der Waals surface area (Å²) in [6.07, 6.45) is -0.366. The average Bonchev–Trinajstić information content (AvgIpc) is 3.24. The third kappa shape index (κ3) is 6.07. The number of carboxylic acids is 1. The highest BCUT2D eigenvalue weighted by molar-refractivity contribution is 8.00. The van der Waals surface area contributed by atoms with Gasteiger partial charge in [-0.1, -0.05) is 11.8 Å². The van der Waals surface area contributed by atoms with Gasteiger partial charge in [0, 0.05) is 11.7 Å². The number of hydrogen-bond acceptors (Lipinski definition) is 7. The molecule has 0 saturated carbocycles. The summed E-state index contributed by atoms with van der Waals surface area (Å²) in [4.78, 5) is 23.7. The lowest BCUT2D eigenvalue weighted by Crippen LogP contribution is -2.23. The molecule has 2 atom stereocenters. The van der Waals surface area contributed by atoms with Crippen LogP contribution in [0.5, 0.6) is 11.5 Å². The predicted molar refractivity (Wildman–Crippen MR) is 130 cm³/mol. The quantitative estimate of drug-likeness (QED) is 0.393. The zero-order chi connectivity index (χ0) is 24.8. The Bertz CT molecular complexity index is 1130. The molecule has 0 radical (unpaired) electrons. The zero-order valence-electron chi connectivity index (χ0n) is 19.7. The van der Waals surface area contributed by atoms with Crippen LogP contribution in [0.25, 0.3) is 0 Å². The van der Waals surface area contributed by atoms with Crippen LogP contribution < -0.4 is 14.8 Å². The number of ether oxygens (including phenoxy) is 2. The molecule has 0 fully saturated rings. The number of hydrogen-bond donors (Lipinski definition) is 2. The molecule has 0 aliphatic carbocycles. The van der Waals surface area contributed by atoms with Crippen molar-refractivity contribution in [2.45, 2.75) is 50.2 Å². The molecule has 0 aliphatic heterocycles. The van der Waals surface area contributed by atoms with E-state index >= 15 is 0 Å². The molecule has 2 unspecified atom stereocenters. The normalized spacial score (nSPS) is 12.8. The monoisotopic (exact) mass is 484 g/mol. The third-order valence-electron chi connectivity index (χ3n) is 4.99. The number of carboxylic acid groups (broad SMARTS) is 1. The summed E-state index contributed by atoms with van der Waals surface area (Å²) < 4.78 is 13.2. The Morgan fingerprint density at radius 2 is 1.59 bits per heavy atom. The summed E-state index contributed by atoms with van der Waals surface area (Å²) in [5.74, 6) is 0.841. The fourth-order valence-electron chi connectivity index (χ4n) is 3.19. The number of methoxy groups -OCH3 is 1. The Morgan fingerprint density at radius 3 is 2.15 bits per heavy atom. The number of aromatic carboxylic acids is 1. The highest BCUT2D eigenvalue weighted by atomic mass is 32.2. The fraction of sp³-hybridized carbons (Fsp3) is 0.333. The van der Waals surface area contributed by atoms with Gasteiger partial charge in [-0.05, 0) is 76.2 Å². The lowest BCUT2D eigenvalue weighted by Gasteiger charge is -2.20. The van der Waals surface area contributed by atoms with Gasteiger partial charge in [-0.2, -0.15) is 0 Å². The maximum absolute atomic E-state index is 12.7. The summed E-state index contributed by atoms with van der Waals surface area (Å²) in [5.41, 5.74) is 0.680. The largest absolute Gasteiger partial charge is 0.497 e. The van der Waals surface area contributed by atoms with E-state index in [0.29, 0.717) is 22.4 Å². The topological polar surface area (TPSA) is 116 Å². The number of carbonyl (C=O) groups excluding carboxylic acids is 1. The lowest BCUT2D eigenvalue weighted by molar-refractivity contribution is -0.115. The predicted octanol–water partition coefficient (Wildman–Crippen LogP) is 4.83. The Balaban J connectivity index is 1.70. The van der Waals surface area contributed by atoms with E-state index in [1.165, 1.54) is 23.9 Å². The van der Waals surface area contributed by atoms with E-state index in [0.717, 1.165) is 5.75 Å². The molecule has 2 aromatic carbocycles. The van der Waals surface area contributed by atoms with Crippen LogP contribution in [0.4, 0.5) is 5.69 Å². The second-order valence-electron chi connectivity index (χ2n) is 7.87. The van der Waals surface area contributed by atoms with Crippen molar-refractivity contribution < 1.29 is 24.2 Å². The first-order chi connectivity index (χ1) is 16.2. The smallest absolute Gasteiger partial charge is 0.335 e. The van der Waals surface area contributed by atoms with E-state index in [9.17, 15) is 9.59 Å². The molecule has 3 rings (SSSR count). The van der Waals surface area contributed by atoms with Crippen LogP contribution >= 0.6 is 11.8 Å². The van der Waals surface area contributed by atoms with Gasteiger partial charge in [0.15, 0.2) is 17.1 Å². The minimum absolute atomic E-state index is 0.0493. The highest BCUT2D eigenvalue weighted by Crippen LogP contribution is 2.30. The molecule has 1 amide bonds. The Morgan fingerprint density at radius 1 is 0.971 bits per heavy atom. The van der Waals surface area contributed by atoms with Crippen molar-refractivity contribution in [3.63, 3.8) is 0 Å². The number of rotatable bonds is 10. The van der Waals surface area contributed by atoms with Gasteiger partial charge in [-0.15, -0.1) is 10.2 Å². The maximum atomic E-state index is 12.7. The van der Waals surface area contributed by atoms with Crippen LogP contribution in [0.15, 0.2) is 53.7 Å². The molecular weight excluding hydrogens is 456 g/mol. The number of nitrogens with one attached hydrogen (secondary N) is 1. The standard InChI is InChI=1S/C24H28N4O5S/c1-14(2)28-21(15(3)33-20-12-10-19(32-5)11-13-20)26-27-24(28)34-16(4)22(29)25-18-8-6-17(7-9-18)23(30)31/h6-16H,1-5H3,(H,25,29)(H,30,31). The van der Waals surface area contributed by atoms with E-state index in [1.54, 1.807) is 26.2 Å². The number of benzene rings is 2. The molecule has 0 saturated heterocycles. The molecule has 10 heteroatoms. The second-order valence-corrected chi connectivity index (χ2v) is 9.18. The molecule has 3 aromatic rings.